The van der Waals surface area contributed by atoms with Crippen molar-refractivity contribution in [2.75, 3.05) is 13.1 Å². The summed E-state index contributed by atoms with van der Waals surface area (Å²) in [5.41, 5.74) is 2.69. The van der Waals surface area contributed by atoms with E-state index in [4.69, 9.17) is 5.10 Å². The van der Waals surface area contributed by atoms with Crippen LogP contribution in [-0.4, -0.2) is 45.6 Å². The molecule has 0 amide bonds. The zero-order valence-electron chi connectivity index (χ0n) is 21.4. The summed E-state index contributed by atoms with van der Waals surface area (Å²) in [6.45, 7) is 1.01. The number of benzene rings is 3. The van der Waals surface area contributed by atoms with Crippen LogP contribution in [0.25, 0.3) is 39.5 Å². The molecule has 1 N–H and O–H groups in total. The van der Waals surface area contributed by atoms with Crippen LogP contribution in [0.2, 0.25) is 0 Å². The largest absolute Gasteiger partial charge is 0.305 e. The molecule has 198 valence electrons. The first-order valence-corrected chi connectivity index (χ1v) is 14.2. The van der Waals surface area contributed by atoms with E-state index in [1.807, 2.05) is 30.3 Å². The first kappa shape index (κ1) is 25.4. The van der Waals surface area contributed by atoms with E-state index in [2.05, 4.69) is 16.0 Å². The molecule has 3 heterocycles. The summed E-state index contributed by atoms with van der Waals surface area (Å²) in [6, 6.07) is 25.2. The third-order valence-electron chi connectivity index (χ3n) is 6.86. The molecule has 1 aliphatic rings. The molecule has 1 fully saturated rings. The van der Waals surface area contributed by atoms with Crippen LogP contribution in [-0.2, 0) is 10.0 Å². The van der Waals surface area contributed by atoms with Crippen LogP contribution in [0.4, 0.5) is 0 Å². The van der Waals surface area contributed by atoms with Gasteiger partial charge in [0, 0.05) is 30.4 Å². The maximum Gasteiger partial charge on any atom is 0.259 e. The lowest BCUT2D eigenvalue weighted by Gasteiger charge is -2.16. The van der Waals surface area contributed by atoms with Crippen LogP contribution < -0.4 is 5.56 Å². The van der Waals surface area contributed by atoms with E-state index in [0.29, 0.717) is 40.8 Å². The second kappa shape index (κ2) is 10.4. The van der Waals surface area contributed by atoms with Gasteiger partial charge in [0.1, 0.15) is 11.8 Å². The van der Waals surface area contributed by atoms with E-state index < -0.39 is 10.0 Å². The third-order valence-corrected chi connectivity index (χ3v) is 8.76. The van der Waals surface area contributed by atoms with E-state index in [1.165, 1.54) is 4.31 Å². The summed E-state index contributed by atoms with van der Waals surface area (Å²) in [4.78, 5) is 20.1. The fraction of sp³-hybridized carbons (Fsp3) is 0.133. The molecular weight excluding hydrogens is 524 g/mol. The minimum Gasteiger partial charge on any atom is -0.305 e. The maximum absolute atomic E-state index is 13.3. The number of hydrogen-bond donors (Lipinski definition) is 1. The van der Waals surface area contributed by atoms with Gasteiger partial charge in [-0.3, -0.25) is 4.79 Å². The number of aromatic nitrogens is 4. The summed E-state index contributed by atoms with van der Waals surface area (Å²) in [6.07, 6.45) is 5.06. The second-order valence-electron chi connectivity index (χ2n) is 9.45. The van der Waals surface area contributed by atoms with Gasteiger partial charge in [-0.2, -0.15) is 14.7 Å². The zero-order valence-corrected chi connectivity index (χ0v) is 22.2. The van der Waals surface area contributed by atoms with Gasteiger partial charge in [0.2, 0.25) is 10.0 Å². The van der Waals surface area contributed by atoms with Gasteiger partial charge < -0.3 is 4.98 Å². The first-order valence-electron chi connectivity index (χ1n) is 12.8. The van der Waals surface area contributed by atoms with Crippen molar-refractivity contribution in [2.45, 2.75) is 17.7 Å². The number of nitriles is 1. The van der Waals surface area contributed by atoms with Crippen molar-refractivity contribution in [3.63, 3.8) is 0 Å². The molecule has 0 radical (unpaired) electrons. The van der Waals surface area contributed by atoms with Crippen molar-refractivity contribution < 1.29 is 8.42 Å². The molecule has 0 saturated carbocycles. The van der Waals surface area contributed by atoms with Crippen molar-refractivity contribution in [3.8, 4) is 23.0 Å². The Morgan fingerprint density at radius 2 is 1.73 bits per heavy atom. The topological polar surface area (TPSA) is 125 Å². The molecule has 10 heteroatoms. The van der Waals surface area contributed by atoms with Crippen molar-refractivity contribution >= 4 is 32.6 Å². The van der Waals surface area contributed by atoms with E-state index in [1.54, 1.807) is 65.5 Å². The summed E-state index contributed by atoms with van der Waals surface area (Å²) in [7, 11) is -3.64. The number of hydrogen-bond acceptors (Lipinski definition) is 6. The molecule has 1 saturated heterocycles. The van der Waals surface area contributed by atoms with Crippen LogP contribution in [0.5, 0.6) is 0 Å². The molecule has 1 aliphatic heterocycles. The van der Waals surface area contributed by atoms with Gasteiger partial charge in [0.15, 0.2) is 5.82 Å². The number of nitrogens with one attached hydrogen (secondary N) is 1. The number of sulfonamides is 1. The van der Waals surface area contributed by atoms with Crippen LogP contribution in [0, 0.1) is 11.3 Å². The van der Waals surface area contributed by atoms with Crippen molar-refractivity contribution in [2.24, 2.45) is 0 Å². The molecule has 5 aromatic rings. The highest BCUT2D eigenvalue weighted by Crippen LogP contribution is 2.30. The van der Waals surface area contributed by atoms with E-state index in [-0.39, 0.29) is 21.9 Å². The standard InChI is InChI=1S/C30H24N6O3S/c31-19-22(29-32-27-14-5-4-13-26(27)30(37)33-29)17-23-20-36(24-10-2-1-3-11-24)34-28(23)21-9-8-12-25(18-21)40(38,39)35-15-6-7-16-35/h1-5,8-14,17-18,20H,6-7,15-16H2,(H,32,33,37)/b22-17-. The Bertz CT molecular complexity index is 1960. The number of para-hydroxylation sites is 2. The summed E-state index contributed by atoms with van der Waals surface area (Å²) in [5, 5.41) is 15.3. The second-order valence-corrected chi connectivity index (χ2v) is 11.4. The Kier molecular flexibility index (Phi) is 6.59. The maximum atomic E-state index is 13.3. The molecule has 0 aliphatic carbocycles. The fourth-order valence-corrected chi connectivity index (χ4v) is 6.40. The van der Waals surface area contributed by atoms with Gasteiger partial charge in [-0.25, -0.2) is 18.1 Å². The van der Waals surface area contributed by atoms with Crippen molar-refractivity contribution in [1.82, 2.24) is 24.1 Å². The van der Waals surface area contributed by atoms with Crippen LogP contribution >= 0.6 is 0 Å². The van der Waals surface area contributed by atoms with Gasteiger partial charge in [-0.05, 0) is 55.3 Å². The molecular formula is C30H24N6O3S. The molecule has 3 aromatic carbocycles. The summed E-state index contributed by atoms with van der Waals surface area (Å²) >= 11 is 0. The Morgan fingerprint density at radius 1 is 0.975 bits per heavy atom. The van der Waals surface area contributed by atoms with Crippen LogP contribution in [0.3, 0.4) is 0 Å². The van der Waals surface area contributed by atoms with E-state index in [0.717, 1.165) is 18.5 Å². The van der Waals surface area contributed by atoms with Gasteiger partial charge in [-0.1, -0.05) is 42.5 Å². The monoisotopic (exact) mass is 548 g/mol. The highest BCUT2D eigenvalue weighted by Gasteiger charge is 2.27. The lowest BCUT2D eigenvalue weighted by molar-refractivity contribution is 0.477. The molecule has 0 spiro atoms. The van der Waals surface area contributed by atoms with Gasteiger partial charge in [0.25, 0.3) is 5.56 Å². The lowest BCUT2D eigenvalue weighted by Crippen LogP contribution is -2.27. The molecule has 6 rings (SSSR count). The average Bonchev–Trinajstić information content (AvgIpc) is 3.68. The number of rotatable bonds is 6. The summed E-state index contributed by atoms with van der Waals surface area (Å²) < 4.78 is 29.7. The van der Waals surface area contributed by atoms with Gasteiger partial charge >= 0.3 is 0 Å². The SMILES string of the molecule is N#C/C(=C/c1cn(-c2ccccc2)nc1-c1cccc(S(=O)(=O)N2CCCC2)c1)c1nc2ccccc2c(=O)[nH]1. The number of nitrogens with zero attached hydrogens (tertiary/aromatic N) is 5. The van der Waals surface area contributed by atoms with Crippen molar-refractivity contribution in [1.29, 1.82) is 5.26 Å². The highest BCUT2D eigenvalue weighted by atomic mass is 32.2. The Labute approximate surface area is 230 Å². The molecule has 0 bridgehead atoms. The Hall–Kier alpha value is -4.85. The number of H-pyrrole nitrogens is 1. The lowest BCUT2D eigenvalue weighted by atomic mass is 10.1. The Morgan fingerprint density at radius 3 is 2.50 bits per heavy atom. The third kappa shape index (κ3) is 4.73. The van der Waals surface area contributed by atoms with E-state index in [9.17, 15) is 18.5 Å². The summed E-state index contributed by atoms with van der Waals surface area (Å²) in [5.74, 6) is 0.134. The first-order chi connectivity index (χ1) is 19.4. The van der Waals surface area contributed by atoms with Crippen LogP contribution in [0.1, 0.15) is 24.2 Å². The van der Waals surface area contributed by atoms with Gasteiger partial charge in [-0.15, -0.1) is 0 Å². The predicted molar refractivity (Wildman–Crippen MR) is 153 cm³/mol. The molecule has 0 atom stereocenters. The zero-order chi connectivity index (χ0) is 27.7. The van der Waals surface area contributed by atoms with Crippen molar-refractivity contribution in [3.05, 3.63) is 107 Å². The quantitative estimate of drug-likeness (QED) is 0.309. The molecule has 9 nitrogen and oxygen atoms in total. The predicted octanol–water partition coefficient (Wildman–Crippen LogP) is 4.62. The fourth-order valence-electron chi connectivity index (χ4n) is 4.83. The number of allylic oxidation sites excluding steroid dienone is 1. The van der Waals surface area contributed by atoms with Gasteiger partial charge in [0.05, 0.1) is 27.1 Å². The molecule has 2 aromatic heterocycles. The smallest absolute Gasteiger partial charge is 0.259 e. The Balaban J connectivity index is 1.50. The highest BCUT2D eigenvalue weighted by molar-refractivity contribution is 7.89. The normalized spacial score (nSPS) is 14.4. The average molecular weight is 549 g/mol. The minimum absolute atomic E-state index is 0.134. The molecule has 40 heavy (non-hydrogen) atoms. The minimum atomic E-state index is -3.64. The van der Waals surface area contributed by atoms with Crippen LogP contribution in [0.15, 0.2) is 94.7 Å². The number of aromatic amines is 1. The molecule has 0 unspecified atom stereocenters. The number of fused-ring (bicyclic) bond motifs is 1. The van der Waals surface area contributed by atoms with E-state index >= 15 is 0 Å².